The summed E-state index contributed by atoms with van der Waals surface area (Å²) in [5.74, 6) is -1.31. The molecule has 0 saturated carbocycles. The molecule has 1 aliphatic rings. The van der Waals surface area contributed by atoms with E-state index >= 15 is 0 Å². The average Bonchev–Trinajstić information content (AvgIpc) is 2.76. The molecule has 0 bridgehead atoms. The number of carbonyl (C=O) groups excluding carboxylic acids is 2. The van der Waals surface area contributed by atoms with Crippen molar-refractivity contribution in [2.45, 2.75) is 78.3 Å². The van der Waals surface area contributed by atoms with Crippen molar-refractivity contribution in [3.63, 3.8) is 0 Å². The van der Waals surface area contributed by atoms with Gasteiger partial charge in [0, 0.05) is 6.42 Å². The highest BCUT2D eigenvalue weighted by Gasteiger charge is 2.40. The number of amides is 2. The first-order valence-corrected chi connectivity index (χ1v) is 8.32. The number of nitrogens with zero attached hydrogens (tertiary/aromatic N) is 3. The fraction of sp³-hybridized carbons (Fsp3) is 0.875. The highest BCUT2D eigenvalue weighted by Crippen LogP contribution is 2.29. The molecule has 0 spiro atoms. The van der Waals surface area contributed by atoms with Gasteiger partial charge in [-0.05, 0) is 39.0 Å². The quantitative estimate of drug-likeness (QED) is 0.401. The molecule has 0 aromatic heterocycles. The highest BCUT2D eigenvalue weighted by molar-refractivity contribution is 6.02. The number of unbranched alkanes of at least 4 members (excludes halogenated alkanes) is 1. The summed E-state index contributed by atoms with van der Waals surface area (Å²) in [4.78, 5) is 23.1. The van der Waals surface area contributed by atoms with Crippen LogP contribution in [-0.4, -0.2) is 34.2 Å². The predicted molar refractivity (Wildman–Crippen MR) is 83.4 cm³/mol. The molecule has 1 saturated heterocycles. The average molecular weight is 311 g/mol. The van der Waals surface area contributed by atoms with Gasteiger partial charge in [-0.2, -0.15) is 15.3 Å². The maximum Gasteiger partial charge on any atom is 0.257 e. The number of carbonyl (C=O) groups is 2. The lowest BCUT2D eigenvalue weighted by molar-refractivity contribution is -0.172. The van der Waals surface area contributed by atoms with Gasteiger partial charge in [0.05, 0.1) is 18.0 Å². The Morgan fingerprint density at radius 1 is 1.14 bits per heavy atom. The Morgan fingerprint density at radius 2 is 1.73 bits per heavy atom. The van der Waals surface area contributed by atoms with Crippen molar-refractivity contribution < 1.29 is 14.8 Å². The smallest absolute Gasteiger partial charge is 0.257 e. The summed E-state index contributed by atoms with van der Waals surface area (Å²) in [7, 11) is 0. The van der Waals surface area contributed by atoms with E-state index in [1.165, 1.54) is 12.8 Å². The molecular formula is C16H29N3O3. The van der Waals surface area contributed by atoms with Gasteiger partial charge in [-0.1, -0.05) is 26.7 Å². The molecule has 126 valence electrons. The van der Waals surface area contributed by atoms with Crippen LogP contribution in [0.2, 0.25) is 0 Å². The number of hydrogen-bond donors (Lipinski definition) is 1. The molecule has 0 radical (unpaired) electrons. The Morgan fingerprint density at radius 3 is 2.23 bits per heavy atom. The zero-order chi connectivity index (χ0) is 16.7. The van der Waals surface area contributed by atoms with E-state index in [1.807, 2.05) is 13.8 Å². The van der Waals surface area contributed by atoms with Crippen molar-refractivity contribution >= 4 is 11.8 Å². The first kappa shape index (κ1) is 18.7. The van der Waals surface area contributed by atoms with E-state index in [0.717, 1.165) is 19.3 Å². The summed E-state index contributed by atoms with van der Waals surface area (Å²) in [6.07, 6.45) is 5.13. The van der Waals surface area contributed by atoms with Crippen LogP contribution in [0.3, 0.4) is 0 Å². The Kier molecular flexibility index (Phi) is 7.65. The Hall–Kier alpha value is -1.30. The molecule has 1 fully saturated rings. The maximum atomic E-state index is 11.7. The predicted octanol–water partition coefficient (Wildman–Crippen LogP) is 3.59. The van der Waals surface area contributed by atoms with Gasteiger partial charge in [0.25, 0.3) is 11.8 Å². The number of imide groups is 1. The molecule has 1 heterocycles. The molecular weight excluding hydrogens is 282 g/mol. The molecule has 22 heavy (non-hydrogen) atoms. The second-order valence-electron chi connectivity index (χ2n) is 6.48. The van der Waals surface area contributed by atoms with Crippen LogP contribution in [0.5, 0.6) is 0 Å². The number of azo groups is 1. The van der Waals surface area contributed by atoms with Gasteiger partial charge < -0.3 is 0 Å². The molecule has 1 N–H and O–H groups in total. The zero-order valence-corrected chi connectivity index (χ0v) is 14.2. The second kappa shape index (κ2) is 8.98. The molecule has 1 aliphatic heterocycles. The van der Waals surface area contributed by atoms with Crippen molar-refractivity contribution in [2.24, 2.45) is 22.1 Å². The van der Waals surface area contributed by atoms with Crippen LogP contribution in [0.1, 0.15) is 66.2 Å². The lowest BCUT2D eigenvalue weighted by atomic mass is 9.88. The maximum absolute atomic E-state index is 11.7. The molecule has 6 heteroatoms. The first-order valence-electron chi connectivity index (χ1n) is 8.32. The largest absolute Gasteiger partial charge is 0.279 e. The Balaban J connectivity index is 2.34. The van der Waals surface area contributed by atoms with Crippen LogP contribution in [0.4, 0.5) is 0 Å². The lowest BCUT2D eigenvalue weighted by Crippen LogP contribution is -2.28. The molecule has 0 aromatic carbocycles. The lowest BCUT2D eigenvalue weighted by Gasteiger charge is -2.17. The summed E-state index contributed by atoms with van der Waals surface area (Å²) in [6.45, 7) is 8.20. The number of hydrogen-bond acceptors (Lipinski definition) is 5. The van der Waals surface area contributed by atoms with Crippen molar-refractivity contribution in [2.75, 3.05) is 0 Å². The van der Waals surface area contributed by atoms with Gasteiger partial charge >= 0.3 is 0 Å². The van der Waals surface area contributed by atoms with Crippen LogP contribution >= 0.6 is 0 Å². The van der Waals surface area contributed by atoms with E-state index in [1.54, 1.807) is 0 Å². The number of hydroxylamine groups is 2. The summed E-state index contributed by atoms with van der Waals surface area (Å²) in [6, 6.07) is 0.376. The highest BCUT2D eigenvalue weighted by atomic mass is 16.5. The van der Waals surface area contributed by atoms with Gasteiger partial charge in [0.2, 0.25) is 0 Å². The summed E-state index contributed by atoms with van der Waals surface area (Å²) in [5, 5.41) is 18.2. The van der Waals surface area contributed by atoms with Crippen LogP contribution in [0.15, 0.2) is 10.2 Å². The van der Waals surface area contributed by atoms with Crippen LogP contribution < -0.4 is 0 Å². The van der Waals surface area contributed by atoms with Gasteiger partial charge in [-0.3, -0.25) is 14.8 Å². The van der Waals surface area contributed by atoms with Crippen LogP contribution in [0, 0.1) is 11.8 Å². The van der Waals surface area contributed by atoms with Crippen molar-refractivity contribution in [1.82, 2.24) is 5.06 Å². The summed E-state index contributed by atoms with van der Waals surface area (Å²) < 4.78 is 0. The van der Waals surface area contributed by atoms with E-state index in [2.05, 4.69) is 24.1 Å². The second-order valence-corrected chi connectivity index (χ2v) is 6.48. The minimum atomic E-state index is -0.501. The van der Waals surface area contributed by atoms with Gasteiger partial charge in [0.15, 0.2) is 0 Å². The standard InChI is InChI=1S/C16H29N3O3/c1-5-6-7-12(3)17-18-13(4)9-8-11(2)14-10-15(20)19(22)16(14)21/h11-14,22H,5-10H2,1-4H3. The monoisotopic (exact) mass is 311 g/mol. The first-order chi connectivity index (χ1) is 10.4. The topological polar surface area (TPSA) is 82.3 Å². The van der Waals surface area contributed by atoms with Gasteiger partial charge in [-0.15, -0.1) is 0 Å². The SMILES string of the molecule is CCCCC(C)N=NC(C)CCC(C)C1CC(=O)N(O)C1=O. The molecule has 2 amide bonds. The molecule has 0 aliphatic carbocycles. The minimum absolute atomic E-state index is 0.0590. The molecule has 4 atom stereocenters. The minimum Gasteiger partial charge on any atom is -0.279 e. The van der Waals surface area contributed by atoms with E-state index in [9.17, 15) is 14.8 Å². The molecule has 0 aromatic rings. The van der Waals surface area contributed by atoms with E-state index in [4.69, 9.17) is 0 Å². The summed E-state index contributed by atoms with van der Waals surface area (Å²) in [5.41, 5.74) is 0. The van der Waals surface area contributed by atoms with Crippen molar-refractivity contribution in [3.05, 3.63) is 0 Å². The fourth-order valence-corrected chi connectivity index (χ4v) is 2.63. The van der Waals surface area contributed by atoms with E-state index in [-0.39, 0.29) is 29.5 Å². The fourth-order valence-electron chi connectivity index (χ4n) is 2.63. The van der Waals surface area contributed by atoms with Gasteiger partial charge in [0.1, 0.15) is 0 Å². The van der Waals surface area contributed by atoms with E-state index in [0.29, 0.717) is 0 Å². The third-order valence-corrected chi connectivity index (χ3v) is 4.32. The van der Waals surface area contributed by atoms with Crippen LogP contribution in [0.25, 0.3) is 0 Å². The molecule has 6 nitrogen and oxygen atoms in total. The number of rotatable bonds is 9. The third kappa shape index (κ3) is 5.48. The Bertz CT molecular complexity index is 411. The zero-order valence-electron chi connectivity index (χ0n) is 14.2. The van der Waals surface area contributed by atoms with Crippen LogP contribution in [-0.2, 0) is 9.59 Å². The Labute approximate surface area is 132 Å². The third-order valence-electron chi connectivity index (χ3n) is 4.32. The molecule has 1 rings (SSSR count). The van der Waals surface area contributed by atoms with Crippen molar-refractivity contribution in [3.8, 4) is 0 Å². The normalized spacial score (nSPS) is 23.3. The summed E-state index contributed by atoms with van der Waals surface area (Å²) >= 11 is 0. The van der Waals surface area contributed by atoms with E-state index < -0.39 is 17.7 Å². The van der Waals surface area contributed by atoms with Gasteiger partial charge in [-0.25, -0.2) is 0 Å². The molecule has 4 unspecified atom stereocenters. The van der Waals surface area contributed by atoms with Crippen molar-refractivity contribution in [1.29, 1.82) is 0 Å².